The summed E-state index contributed by atoms with van der Waals surface area (Å²) in [6.07, 6.45) is 4.27. The molecule has 1 aromatic heterocycles. The standard InChI is InChI=1S/C12H11N3O3S/c1-3-18-12(17)8-7(2)9(10-13-4-5-14-10)19-11(8)15-6-16/h4-5,10H,3H2,1-2H3. The van der Waals surface area contributed by atoms with E-state index in [9.17, 15) is 9.59 Å². The van der Waals surface area contributed by atoms with Crippen molar-refractivity contribution < 1.29 is 14.3 Å². The summed E-state index contributed by atoms with van der Waals surface area (Å²) in [5.74, 6) is -0.498. The van der Waals surface area contributed by atoms with Gasteiger partial charge in [-0.1, -0.05) is 0 Å². The fourth-order valence-electron chi connectivity index (χ4n) is 1.74. The smallest absolute Gasteiger partial charge is 0.341 e. The summed E-state index contributed by atoms with van der Waals surface area (Å²) in [7, 11) is 0. The molecule has 7 heteroatoms. The molecule has 0 unspecified atom stereocenters. The first-order valence-corrected chi connectivity index (χ1v) is 6.43. The monoisotopic (exact) mass is 277 g/mol. The average Bonchev–Trinajstić information content (AvgIpc) is 2.98. The average molecular weight is 277 g/mol. The van der Waals surface area contributed by atoms with Crippen molar-refractivity contribution in [2.24, 2.45) is 15.0 Å². The van der Waals surface area contributed by atoms with Crippen molar-refractivity contribution >= 4 is 40.8 Å². The zero-order chi connectivity index (χ0) is 13.8. The van der Waals surface area contributed by atoms with E-state index in [4.69, 9.17) is 4.74 Å². The van der Waals surface area contributed by atoms with Gasteiger partial charge in [0.15, 0.2) is 6.17 Å². The third-order valence-corrected chi connectivity index (χ3v) is 3.77. The molecule has 0 saturated heterocycles. The van der Waals surface area contributed by atoms with Crippen molar-refractivity contribution in [2.75, 3.05) is 6.61 Å². The summed E-state index contributed by atoms with van der Waals surface area (Å²) in [6.45, 7) is 3.74. The second-order valence-electron chi connectivity index (χ2n) is 3.66. The van der Waals surface area contributed by atoms with E-state index in [1.54, 1.807) is 26.3 Å². The van der Waals surface area contributed by atoms with Gasteiger partial charge in [0.05, 0.1) is 11.5 Å². The summed E-state index contributed by atoms with van der Waals surface area (Å²) < 4.78 is 4.97. The van der Waals surface area contributed by atoms with Crippen LogP contribution in [0, 0.1) is 6.92 Å². The molecule has 1 aliphatic rings. The molecule has 2 rings (SSSR count). The first-order valence-electron chi connectivity index (χ1n) is 5.62. The molecule has 0 spiro atoms. The van der Waals surface area contributed by atoms with Crippen LogP contribution < -0.4 is 0 Å². The number of isocyanates is 1. The molecule has 6 nitrogen and oxygen atoms in total. The molecule has 0 aliphatic carbocycles. The van der Waals surface area contributed by atoms with Gasteiger partial charge in [0, 0.05) is 12.4 Å². The number of thiophene rings is 1. The Labute approximate surface area is 113 Å². The maximum atomic E-state index is 11.9. The highest BCUT2D eigenvalue weighted by molar-refractivity contribution is 7.16. The Morgan fingerprint density at radius 2 is 2.21 bits per heavy atom. The zero-order valence-electron chi connectivity index (χ0n) is 10.4. The number of nitrogens with zero attached hydrogens (tertiary/aromatic N) is 3. The summed E-state index contributed by atoms with van der Waals surface area (Å²) in [5, 5.41) is 0.290. The fraction of sp³-hybridized carbons (Fsp3) is 0.333. The van der Waals surface area contributed by atoms with Gasteiger partial charge >= 0.3 is 5.97 Å². The Kier molecular flexibility index (Phi) is 3.99. The maximum absolute atomic E-state index is 11.9. The number of rotatable bonds is 4. The Balaban J connectivity index is 2.50. The molecule has 0 atom stereocenters. The van der Waals surface area contributed by atoms with Crippen molar-refractivity contribution in [3.63, 3.8) is 0 Å². The van der Waals surface area contributed by atoms with E-state index in [1.807, 2.05) is 0 Å². The number of esters is 1. The molecule has 1 aliphatic heterocycles. The number of ether oxygens (including phenoxy) is 1. The van der Waals surface area contributed by atoms with Crippen LogP contribution in [0.3, 0.4) is 0 Å². The molecule has 19 heavy (non-hydrogen) atoms. The molecule has 2 heterocycles. The van der Waals surface area contributed by atoms with Crippen molar-refractivity contribution in [1.29, 1.82) is 0 Å². The third-order valence-electron chi connectivity index (χ3n) is 2.55. The minimum atomic E-state index is -0.498. The highest BCUT2D eigenvalue weighted by Gasteiger charge is 2.26. The first kappa shape index (κ1) is 13.3. The summed E-state index contributed by atoms with van der Waals surface area (Å²) in [4.78, 5) is 35.0. The van der Waals surface area contributed by atoms with E-state index < -0.39 is 5.97 Å². The normalized spacial score (nSPS) is 13.6. The number of hydrogen-bond donors (Lipinski definition) is 0. The highest BCUT2D eigenvalue weighted by atomic mass is 32.1. The lowest BCUT2D eigenvalue weighted by Gasteiger charge is -2.04. The first-order chi connectivity index (χ1) is 9.19. The second-order valence-corrected chi connectivity index (χ2v) is 4.70. The highest BCUT2D eigenvalue weighted by Crippen LogP contribution is 2.40. The van der Waals surface area contributed by atoms with Crippen molar-refractivity contribution in [3.05, 3.63) is 16.0 Å². The lowest BCUT2D eigenvalue weighted by atomic mass is 10.1. The zero-order valence-corrected chi connectivity index (χ0v) is 11.2. The predicted octanol–water partition coefficient (Wildman–Crippen LogP) is 2.35. The molecule has 98 valence electrons. The largest absolute Gasteiger partial charge is 0.462 e. The molecule has 0 aromatic carbocycles. The van der Waals surface area contributed by atoms with Gasteiger partial charge in [0.2, 0.25) is 6.08 Å². The van der Waals surface area contributed by atoms with Crippen LogP contribution in [0.25, 0.3) is 0 Å². The van der Waals surface area contributed by atoms with E-state index >= 15 is 0 Å². The van der Waals surface area contributed by atoms with Gasteiger partial charge in [-0.3, -0.25) is 9.98 Å². The molecule has 0 amide bonds. The lowest BCUT2D eigenvalue weighted by Crippen LogP contribution is -2.05. The van der Waals surface area contributed by atoms with E-state index in [-0.39, 0.29) is 12.8 Å². The van der Waals surface area contributed by atoms with Gasteiger partial charge in [-0.15, -0.1) is 11.3 Å². The van der Waals surface area contributed by atoms with Gasteiger partial charge in [-0.25, -0.2) is 9.59 Å². The van der Waals surface area contributed by atoms with Crippen molar-refractivity contribution in [2.45, 2.75) is 20.0 Å². The quantitative estimate of drug-likeness (QED) is 0.481. The van der Waals surface area contributed by atoms with Gasteiger partial charge < -0.3 is 4.74 Å². The van der Waals surface area contributed by atoms with Gasteiger partial charge in [-0.2, -0.15) is 4.99 Å². The van der Waals surface area contributed by atoms with Crippen LogP contribution in [0.4, 0.5) is 5.00 Å². The van der Waals surface area contributed by atoms with Gasteiger partial charge in [0.25, 0.3) is 0 Å². The van der Waals surface area contributed by atoms with Crippen LogP contribution in [0.2, 0.25) is 0 Å². The summed E-state index contributed by atoms with van der Waals surface area (Å²) >= 11 is 1.20. The number of hydrogen-bond acceptors (Lipinski definition) is 7. The maximum Gasteiger partial charge on any atom is 0.341 e. The molecule has 0 bridgehead atoms. The van der Waals surface area contributed by atoms with Crippen LogP contribution in [-0.4, -0.2) is 31.1 Å². The summed E-state index contributed by atoms with van der Waals surface area (Å²) in [5.41, 5.74) is 0.987. The van der Waals surface area contributed by atoms with E-state index in [2.05, 4.69) is 15.0 Å². The Hall–Kier alpha value is -2.11. The number of carbonyl (C=O) groups excluding carboxylic acids is 2. The number of aliphatic imine (C=N–C) groups is 3. The molecule has 0 radical (unpaired) electrons. The van der Waals surface area contributed by atoms with E-state index in [1.165, 1.54) is 17.4 Å². The van der Waals surface area contributed by atoms with Crippen molar-refractivity contribution in [1.82, 2.24) is 0 Å². The molecule has 0 N–H and O–H groups in total. The fourth-order valence-corrected chi connectivity index (χ4v) is 2.85. The van der Waals surface area contributed by atoms with Crippen molar-refractivity contribution in [3.8, 4) is 0 Å². The molecule has 0 saturated carbocycles. The van der Waals surface area contributed by atoms with Gasteiger partial charge in [0.1, 0.15) is 10.6 Å². The second kappa shape index (κ2) is 5.69. The predicted molar refractivity (Wildman–Crippen MR) is 72.5 cm³/mol. The van der Waals surface area contributed by atoms with Crippen LogP contribution in [0.15, 0.2) is 15.0 Å². The minimum absolute atomic E-state index is 0.257. The van der Waals surface area contributed by atoms with Crippen LogP contribution in [0.1, 0.15) is 33.9 Å². The van der Waals surface area contributed by atoms with Crippen LogP contribution >= 0.6 is 11.3 Å². The van der Waals surface area contributed by atoms with Gasteiger partial charge in [-0.05, 0) is 19.4 Å². The van der Waals surface area contributed by atoms with E-state index in [0.29, 0.717) is 16.1 Å². The Morgan fingerprint density at radius 3 is 2.79 bits per heavy atom. The SMILES string of the molecule is CCOC(=O)c1c(N=C=O)sc(C2N=CC=N2)c1C. The minimum Gasteiger partial charge on any atom is -0.462 e. The molecular formula is C12H11N3O3S. The Bertz CT molecular complexity index is 600. The Morgan fingerprint density at radius 1 is 1.53 bits per heavy atom. The third kappa shape index (κ3) is 2.52. The van der Waals surface area contributed by atoms with Crippen LogP contribution in [-0.2, 0) is 9.53 Å². The molecular weight excluding hydrogens is 266 g/mol. The number of carbonyl (C=O) groups is 1. The topological polar surface area (TPSA) is 80.5 Å². The summed E-state index contributed by atoms with van der Waals surface area (Å²) in [6, 6.07) is 0. The van der Waals surface area contributed by atoms with Crippen LogP contribution in [0.5, 0.6) is 0 Å². The molecule has 1 aromatic rings. The van der Waals surface area contributed by atoms with E-state index in [0.717, 1.165) is 4.88 Å². The lowest BCUT2D eigenvalue weighted by molar-refractivity contribution is 0.0527. The molecule has 0 fully saturated rings.